The maximum atomic E-state index is 10.6. The summed E-state index contributed by atoms with van der Waals surface area (Å²) in [6.45, 7) is 0. The van der Waals surface area contributed by atoms with Crippen molar-refractivity contribution in [3.8, 4) is 5.75 Å². The molecular formula is C15H22O3. The molecule has 0 aliphatic heterocycles. The van der Waals surface area contributed by atoms with Crippen molar-refractivity contribution in [3.63, 3.8) is 0 Å². The Morgan fingerprint density at radius 1 is 1.17 bits per heavy atom. The molecule has 1 unspecified atom stereocenters. The highest BCUT2D eigenvalue weighted by Crippen LogP contribution is 2.41. The lowest BCUT2D eigenvalue weighted by atomic mass is 9.78. The van der Waals surface area contributed by atoms with Gasteiger partial charge < -0.3 is 14.6 Å². The fraction of sp³-hybridized carbons (Fsp3) is 0.600. The molecule has 0 saturated heterocycles. The van der Waals surface area contributed by atoms with E-state index in [0.29, 0.717) is 0 Å². The highest BCUT2D eigenvalue weighted by Gasteiger charge is 2.40. The molecule has 3 heteroatoms. The maximum Gasteiger partial charge on any atom is 0.119 e. The minimum Gasteiger partial charge on any atom is -0.497 e. The fourth-order valence-electron chi connectivity index (χ4n) is 2.85. The third kappa shape index (κ3) is 2.52. The first-order valence-corrected chi connectivity index (χ1v) is 6.59. The average molecular weight is 250 g/mol. The zero-order valence-corrected chi connectivity index (χ0v) is 11.2. The Balaban J connectivity index is 2.24. The zero-order valence-electron chi connectivity index (χ0n) is 11.2. The molecule has 0 radical (unpaired) electrons. The highest BCUT2D eigenvalue weighted by molar-refractivity contribution is 5.31. The third-order valence-electron chi connectivity index (χ3n) is 4.01. The van der Waals surface area contributed by atoms with Gasteiger partial charge in [-0.2, -0.15) is 0 Å². The van der Waals surface area contributed by atoms with Crippen LogP contribution in [0.2, 0.25) is 0 Å². The van der Waals surface area contributed by atoms with Crippen LogP contribution in [0, 0.1) is 0 Å². The van der Waals surface area contributed by atoms with Crippen molar-refractivity contribution in [3.05, 3.63) is 29.8 Å². The number of benzene rings is 1. The van der Waals surface area contributed by atoms with Crippen molar-refractivity contribution in [2.45, 2.75) is 43.8 Å². The van der Waals surface area contributed by atoms with Gasteiger partial charge in [-0.15, -0.1) is 0 Å². The van der Waals surface area contributed by atoms with E-state index in [9.17, 15) is 5.11 Å². The number of ether oxygens (including phenoxy) is 2. The molecule has 1 N–H and O–H groups in total. The molecule has 1 aromatic carbocycles. The van der Waals surface area contributed by atoms with Crippen LogP contribution in [0.3, 0.4) is 0 Å². The van der Waals surface area contributed by atoms with Gasteiger partial charge in [-0.25, -0.2) is 0 Å². The molecular weight excluding hydrogens is 228 g/mol. The summed E-state index contributed by atoms with van der Waals surface area (Å²) in [6, 6.07) is 7.61. The zero-order chi connectivity index (χ0) is 13.0. The Bertz CT molecular complexity index is 383. The smallest absolute Gasteiger partial charge is 0.119 e. The summed E-state index contributed by atoms with van der Waals surface area (Å²) >= 11 is 0. The molecule has 1 atom stereocenters. The molecule has 2 rings (SSSR count). The van der Waals surface area contributed by atoms with Crippen LogP contribution < -0.4 is 4.74 Å². The lowest BCUT2D eigenvalue weighted by Gasteiger charge is -2.40. The van der Waals surface area contributed by atoms with Gasteiger partial charge >= 0.3 is 0 Å². The van der Waals surface area contributed by atoms with Gasteiger partial charge in [0.2, 0.25) is 0 Å². The summed E-state index contributed by atoms with van der Waals surface area (Å²) in [6.07, 6.45) is 4.72. The fourth-order valence-corrected chi connectivity index (χ4v) is 2.85. The van der Waals surface area contributed by atoms with E-state index in [0.717, 1.165) is 37.0 Å². The van der Waals surface area contributed by atoms with Crippen molar-refractivity contribution in [2.24, 2.45) is 0 Å². The molecule has 0 amide bonds. The van der Waals surface area contributed by atoms with Gasteiger partial charge in [-0.05, 0) is 30.5 Å². The average Bonchev–Trinajstić information content (AvgIpc) is 2.47. The van der Waals surface area contributed by atoms with Crippen LogP contribution in [0.4, 0.5) is 0 Å². The van der Waals surface area contributed by atoms with Crippen molar-refractivity contribution in [1.29, 1.82) is 0 Å². The van der Waals surface area contributed by atoms with Crippen LogP contribution in [0.15, 0.2) is 24.3 Å². The summed E-state index contributed by atoms with van der Waals surface area (Å²) in [5, 5.41) is 10.6. The predicted molar refractivity (Wildman–Crippen MR) is 70.8 cm³/mol. The number of methoxy groups -OCH3 is 2. The monoisotopic (exact) mass is 250 g/mol. The standard InChI is InChI=1S/C15H22O3/c1-17-13-8-6-7-12(11-13)14(16)15(18-2)9-4-3-5-10-15/h6-8,11,14,16H,3-5,9-10H2,1-2H3. The molecule has 1 fully saturated rings. The van der Waals surface area contributed by atoms with Gasteiger partial charge in [-0.1, -0.05) is 31.4 Å². The van der Waals surface area contributed by atoms with Crippen LogP contribution in [0.25, 0.3) is 0 Å². The Morgan fingerprint density at radius 3 is 2.50 bits per heavy atom. The van der Waals surface area contributed by atoms with Crippen molar-refractivity contribution >= 4 is 0 Å². The first-order chi connectivity index (χ1) is 8.72. The van der Waals surface area contributed by atoms with Crippen molar-refractivity contribution in [2.75, 3.05) is 14.2 Å². The molecule has 0 bridgehead atoms. The SMILES string of the molecule is COc1cccc(C(O)C2(OC)CCCCC2)c1. The number of hydrogen-bond acceptors (Lipinski definition) is 3. The molecule has 0 aromatic heterocycles. The maximum absolute atomic E-state index is 10.6. The third-order valence-corrected chi connectivity index (χ3v) is 4.01. The van der Waals surface area contributed by atoms with E-state index in [-0.39, 0.29) is 0 Å². The second kappa shape index (κ2) is 5.72. The Kier molecular flexibility index (Phi) is 4.25. The lowest BCUT2D eigenvalue weighted by molar-refractivity contribution is -0.125. The minimum atomic E-state index is -0.585. The van der Waals surface area contributed by atoms with Gasteiger partial charge in [0.05, 0.1) is 12.7 Å². The van der Waals surface area contributed by atoms with E-state index in [1.54, 1.807) is 14.2 Å². The largest absolute Gasteiger partial charge is 0.497 e. The molecule has 1 aliphatic rings. The predicted octanol–water partition coefficient (Wildman–Crippen LogP) is 3.08. The summed E-state index contributed by atoms with van der Waals surface area (Å²) in [7, 11) is 3.34. The van der Waals surface area contributed by atoms with Gasteiger partial charge in [0.1, 0.15) is 11.9 Å². The van der Waals surface area contributed by atoms with Crippen LogP contribution >= 0.6 is 0 Å². The first kappa shape index (κ1) is 13.4. The molecule has 0 heterocycles. The summed E-state index contributed by atoms with van der Waals surface area (Å²) in [5.74, 6) is 0.772. The van der Waals surface area contributed by atoms with E-state index in [1.165, 1.54) is 6.42 Å². The van der Waals surface area contributed by atoms with Gasteiger partial charge in [0, 0.05) is 7.11 Å². The number of rotatable bonds is 4. The van der Waals surface area contributed by atoms with E-state index in [4.69, 9.17) is 9.47 Å². The van der Waals surface area contributed by atoms with Crippen LogP contribution in [-0.2, 0) is 4.74 Å². The highest BCUT2D eigenvalue weighted by atomic mass is 16.5. The Labute approximate surface area is 109 Å². The van der Waals surface area contributed by atoms with Gasteiger partial charge in [0.25, 0.3) is 0 Å². The second-order valence-corrected chi connectivity index (χ2v) is 5.01. The van der Waals surface area contributed by atoms with E-state index in [2.05, 4.69) is 0 Å². The molecule has 18 heavy (non-hydrogen) atoms. The Morgan fingerprint density at radius 2 is 1.89 bits per heavy atom. The molecule has 3 nitrogen and oxygen atoms in total. The quantitative estimate of drug-likeness (QED) is 0.892. The topological polar surface area (TPSA) is 38.7 Å². The van der Waals surface area contributed by atoms with Crippen LogP contribution in [0.5, 0.6) is 5.75 Å². The van der Waals surface area contributed by atoms with Crippen LogP contribution in [0.1, 0.15) is 43.8 Å². The summed E-state index contributed by atoms with van der Waals surface area (Å²) < 4.78 is 10.9. The number of hydrogen-bond donors (Lipinski definition) is 1. The molecule has 0 spiro atoms. The number of aliphatic hydroxyl groups is 1. The lowest BCUT2D eigenvalue weighted by Crippen LogP contribution is -2.40. The second-order valence-electron chi connectivity index (χ2n) is 5.01. The summed E-state index contributed by atoms with van der Waals surface area (Å²) in [5.41, 5.74) is 0.447. The van der Waals surface area contributed by atoms with Gasteiger partial charge in [-0.3, -0.25) is 0 Å². The first-order valence-electron chi connectivity index (χ1n) is 6.59. The Hall–Kier alpha value is -1.06. The molecule has 100 valence electrons. The molecule has 1 saturated carbocycles. The van der Waals surface area contributed by atoms with Crippen molar-refractivity contribution in [1.82, 2.24) is 0 Å². The molecule has 1 aliphatic carbocycles. The normalized spacial score (nSPS) is 20.4. The van der Waals surface area contributed by atoms with Crippen molar-refractivity contribution < 1.29 is 14.6 Å². The van der Waals surface area contributed by atoms with Gasteiger partial charge in [0.15, 0.2) is 0 Å². The molecule has 1 aromatic rings. The number of aliphatic hydroxyl groups excluding tert-OH is 1. The van der Waals surface area contributed by atoms with Crippen LogP contribution in [-0.4, -0.2) is 24.9 Å². The summed E-state index contributed by atoms with van der Waals surface area (Å²) in [4.78, 5) is 0. The van der Waals surface area contributed by atoms with E-state index >= 15 is 0 Å². The minimum absolute atomic E-state index is 0.426. The van der Waals surface area contributed by atoms with E-state index in [1.807, 2.05) is 24.3 Å². The van der Waals surface area contributed by atoms with E-state index < -0.39 is 11.7 Å².